The van der Waals surface area contributed by atoms with Gasteiger partial charge < -0.3 is 20.1 Å². The van der Waals surface area contributed by atoms with E-state index in [1.807, 2.05) is 42.5 Å². The summed E-state index contributed by atoms with van der Waals surface area (Å²) >= 11 is 0. The van der Waals surface area contributed by atoms with Gasteiger partial charge in [0, 0.05) is 32.4 Å². The number of nitrogens with zero attached hydrogens (tertiary/aromatic N) is 2. The minimum atomic E-state index is 0. The molecule has 1 aromatic carbocycles. The van der Waals surface area contributed by atoms with Crippen molar-refractivity contribution in [2.75, 3.05) is 27.3 Å². The monoisotopic (exact) mass is 456 g/mol. The van der Waals surface area contributed by atoms with E-state index in [-0.39, 0.29) is 24.0 Å². The number of pyridine rings is 1. The van der Waals surface area contributed by atoms with Gasteiger partial charge in [0.15, 0.2) is 5.96 Å². The lowest BCUT2D eigenvalue weighted by Crippen LogP contribution is -2.37. The van der Waals surface area contributed by atoms with E-state index in [4.69, 9.17) is 9.47 Å². The zero-order chi connectivity index (χ0) is 17.0. The summed E-state index contributed by atoms with van der Waals surface area (Å²) in [5.41, 5.74) is 1.06. The number of nitrogens with one attached hydrogen (secondary N) is 2. The standard InChI is InChI=1S/C18H24N4O2.HI/c1-19-18(22-14-15-9-10-17(23-2)21-13-15)20-11-6-12-24-16-7-4-3-5-8-16;/h3-5,7-10,13H,6,11-12,14H2,1-2H3,(H2,19,20,22);1H. The molecule has 1 heterocycles. The van der Waals surface area contributed by atoms with Crippen LogP contribution in [0.4, 0.5) is 0 Å². The lowest BCUT2D eigenvalue weighted by atomic mass is 10.3. The Balaban J connectivity index is 0.00000312. The molecule has 0 amide bonds. The average molecular weight is 456 g/mol. The van der Waals surface area contributed by atoms with Crippen molar-refractivity contribution < 1.29 is 9.47 Å². The van der Waals surface area contributed by atoms with Gasteiger partial charge in [0.2, 0.25) is 5.88 Å². The second kappa shape index (κ2) is 12.3. The number of para-hydroxylation sites is 1. The largest absolute Gasteiger partial charge is 0.494 e. The van der Waals surface area contributed by atoms with E-state index in [1.54, 1.807) is 20.4 Å². The number of hydrogen-bond donors (Lipinski definition) is 2. The maximum Gasteiger partial charge on any atom is 0.212 e. The highest BCUT2D eigenvalue weighted by Gasteiger charge is 2.00. The maximum atomic E-state index is 5.65. The second-order valence-electron chi connectivity index (χ2n) is 5.08. The van der Waals surface area contributed by atoms with Crippen LogP contribution in [0, 0.1) is 0 Å². The highest BCUT2D eigenvalue weighted by atomic mass is 127. The van der Waals surface area contributed by atoms with Gasteiger partial charge in [0.1, 0.15) is 5.75 Å². The number of halogens is 1. The van der Waals surface area contributed by atoms with Crippen molar-refractivity contribution in [2.24, 2.45) is 4.99 Å². The van der Waals surface area contributed by atoms with Gasteiger partial charge in [0.25, 0.3) is 0 Å². The first-order valence-electron chi connectivity index (χ1n) is 7.93. The number of aromatic nitrogens is 1. The molecule has 0 aliphatic rings. The van der Waals surface area contributed by atoms with Gasteiger partial charge in [-0.3, -0.25) is 4.99 Å². The molecule has 0 atom stereocenters. The van der Waals surface area contributed by atoms with E-state index in [1.165, 1.54) is 0 Å². The second-order valence-corrected chi connectivity index (χ2v) is 5.08. The van der Waals surface area contributed by atoms with Crippen molar-refractivity contribution in [2.45, 2.75) is 13.0 Å². The zero-order valence-electron chi connectivity index (χ0n) is 14.6. The zero-order valence-corrected chi connectivity index (χ0v) is 16.9. The molecule has 0 aliphatic carbocycles. The van der Waals surface area contributed by atoms with Crippen LogP contribution >= 0.6 is 24.0 Å². The Bertz CT molecular complexity index is 621. The van der Waals surface area contributed by atoms with Gasteiger partial charge >= 0.3 is 0 Å². The van der Waals surface area contributed by atoms with Gasteiger partial charge in [-0.05, 0) is 24.1 Å². The lowest BCUT2D eigenvalue weighted by molar-refractivity contribution is 0.311. The number of aliphatic imine (C=N–C) groups is 1. The maximum absolute atomic E-state index is 5.65. The van der Waals surface area contributed by atoms with Gasteiger partial charge in [0.05, 0.1) is 13.7 Å². The van der Waals surface area contributed by atoms with Gasteiger partial charge in [-0.2, -0.15) is 0 Å². The molecule has 6 nitrogen and oxygen atoms in total. The quantitative estimate of drug-likeness (QED) is 0.277. The predicted molar refractivity (Wildman–Crippen MR) is 111 cm³/mol. The third kappa shape index (κ3) is 8.06. The molecule has 7 heteroatoms. The summed E-state index contributed by atoms with van der Waals surface area (Å²) in [5.74, 6) is 2.26. The smallest absolute Gasteiger partial charge is 0.212 e. The van der Waals surface area contributed by atoms with Crippen molar-refractivity contribution in [1.29, 1.82) is 0 Å². The summed E-state index contributed by atoms with van der Waals surface area (Å²) in [5, 5.41) is 6.51. The number of guanidine groups is 1. The minimum absolute atomic E-state index is 0. The highest BCUT2D eigenvalue weighted by Crippen LogP contribution is 2.08. The summed E-state index contributed by atoms with van der Waals surface area (Å²) in [7, 11) is 3.36. The molecule has 0 unspecified atom stereocenters. The molecule has 25 heavy (non-hydrogen) atoms. The fraction of sp³-hybridized carbons (Fsp3) is 0.333. The van der Waals surface area contributed by atoms with Crippen molar-refractivity contribution in [3.63, 3.8) is 0 Å². The Morgan fingerprint density at radius 1 is 1.12 bits per heavy atom. The topological polar surface area (TPSA) is 67.8 Å². The Morgan fingerprint density at radius 3 is 2.56 bits per heavy atom. The number of methoxy groups -OCH3 is 1. The molecule has 2 rings (SSSR count). The Morgan fingerprint density at radius 2 is 1.92 bits per heavy atom. The van der Waals surface area contributed by atoms with Crippen LogP contribution in [-0.4, -0.2) is 38.3 Å². The Hall–Kier alpha value is -2.03. The molecule has 0 aliphatic heterocycles. The molecule has 0 saturated heterocycles. The molecule has 0 saturated carbocycles. The summed E-state index contributed by atoms with van der Waals surface area (Å²) in [6, 6.07) is 13.6. The van der Waals surface area contributed by atoms with Gasteiger partial charge in [-0.15, -0.1) is 24.0 Å². The van der Waals surface area contributed by atoms with E-state index in [2.05, 4.69) is 20.6 Å². The first kappa shape index (κ1) is 21.0. The fourth-order valence-corrected chi connectivity index (χ4v) is 2.03. The summed E-state index contributed by atoms with van der Waals surface area (Å²) in [6.07, 6.45) is 2.67. The number of rotatable bonds is 8. The van der Waals surface area contributed by atoms with E-state index >= 15 is 0 Å². The SMILES string of the molecule is CN=C(NCCCOc1ccccc1)NCc1ccc(OC)nc1.I. The fourth-order valence-electron chi connectivity index (χ4n) is 2.03. The van der Waals surface area contributed by atoms with Crippen LogP contribution in [0.2, 0.25) is 0 Å². The molecule has 136 valence electrons. The van der Waals surface area contributed by atoms with Crippen molar-refractivity contribution in [1.82, 2.24) is 15.6 Å². The first-order valence-corrected chi connectivity index (χ1v) is 7.93. The Kier molecular flexibility index (Phi) is 10.4. The minimum Gasteiger partial charge on any atom is -0.494 e. The van der Waals surface area contributed by atoms with E-state index in [0.29, 0.717) is 19.0 Å². The predicted octanol–water partition coefficient (Wildman–Crippen LogP) is 2.84. The van der Waals surface area contributed by atoms with E-state index in [9.17, 15) is 0 Å². The summed E-state index contributed by atoms with van der Waals surface area (Å²) < 4.78 is 10.7. The molecule has 0 fully saturated rings. The summed E-state index contributed by atoms with van der Waals surface area (Å²) in [6.45, 7) is 2.10. The van der Waals surface area contributed by atoms with E-state index < -0.39 is 0 Å². The van der Waals surface area contributed by atoms with Crippen LogP contribution in [0.5, 0.6) is 11.6 Å². The molecule has 0 radical (unpaired) electrons. The van der Waals surface area contributed by atoms with Crippen molar-refractivity contribution in [3.05, 3.63) is 54.2 Å². The first-order chi connectivity index (χ1) is 11.8. The molecule has 1 aromatic heterocycles. The van der Waals surface area contributed by atoms with Crippen LogP contribution in [0.3, 0.4) is 0 Å². The number of benzene rings is 1. The van der Waals surface area contributed by atoms with Crippen molar-refractivity contribution in [3.8, 4) is 11.6 Å². The molecular weight excluding hydrogens is 431 g/mol. The third-order valence-electron chi connectivity index (χ3n) is 3.32. The Labute approximate surface area is 166 Å². The highest BCUT2D eigenvalue weighted by molar-refractivity contribution is 14.0. The van der Waals surface area contributed by atoms with E-state index in [0.717, 1.165) is 30.2 Å². The van der Waals surface area contributed by atoms with Crippen LogP contribution < -0.4 is 20.1 Å². The van der Waals surface area contributed by atoms with Crippen LogP contribution in [0.15, 0.2) is 53.7 Å². The summed E-state index contributed by atoms with van der Waals surface area (Å²) in [4.78, 5) is 8.38. The van der Waals surface area contributed by atoms with Gasteiger partial charge in [-0.25, -0.2) is 4.98 Å². The van der Waals surface area contributed by atoms with Gasteiger partial charge in [-0.1, -0.05) is 24.3 Å². The lowest BCUT2D eigenvalue weighted by Gasteiger charge is -2.12. The normalized spacial score (nSPS) is 10.6. The molecule has 0 bridgehead atoms. The average Bonchev–Trinajstić information content (AvgIpc) is 2.65. The van der Waals surface area contributed by atoms with Crippen LogP contribution in [0.25, 0.3) is 0 Å². The third-order valence-corrected chi connectivity index (χ3v) is 3.32. The molecule has 0 spiro atoms. The molecule has 2 N–H and O–H groups in total. The molecular formula is C18H25IN4O2. The number of hydrogen-bond acceptors (Lipinski definition) is 4. The van der Waals surface area contributed by atoms with Crippen molar-refractivity contribution >= 4 is 29.9 Å². The number of ether oxygens (including phenoxy) is 2. The molecule has 2 aromatic rings. The van der Waals surface area contributed by atoms with Crippen LogP contribution in [0.1, 0.15) is 12.0 Å². The van der Waals surface area contributed by atoms with Crippen LogP contribution in [-0.2, 0) is 6.54 Å².